The third kappa shape index (κ3) is 5.68. The zero-order valence-electron chi connectivity index (χ0n) is 11.8. The Balaban J connectivity index is 1.55. The molecule has 0 amide bonds. The molecular weight excluding hydrogens is 238 g/mol. The molecule has 1 saturated heterocycles. The number of hydrogen-bond acceptors (Lipinski definition) is 4. The van der Waals surface area contributed by atoms with Crippen molar-refractivity contribution in [1.82, 2.24) is 15.2 Å². The highest BCUT2D eigenvalue weighted by molar-refractivity contribution is 5.07. The number of hydrogen-bond donors (Lipinski definition) is 1. The van der Waals surface area contributed by atoms with Crippen LogP contribution < -0.4 is 5.32 Å². The van der Waals surface area contributed by atoms with Gasteiger partial charge in [-0.05, 0) is 37.4 Å². The smallest absolute Gasteiger partial charge is 0.0469 e. The van der Waals surface area contributed by atoms with Crippen molar-refractivity contribution in [3.8, 4) is 0 Å². The maximum absolute atomic E-state index is 5.39. The van der Waals surface area contributed by atoms with Crippen LogP contribution in [0, 0.1) is 5.92 Å². The first-order valence-electron chi connectivity index (χ1n) is 7.20. The predicted octanol–water partition coefficient (Wildman–Crippen LogP) is 1.53. The first-order valence-corrected chi connectivity index (χ1v) is 7.20. The van der Waals surface area contributed by atoms with E-state index in [1.165, 1.54) is 24.9 Å². The Bertz CT molecular complexity index is 339. The van der Waals surface area contributed by atoms with Crippen LogP contribution in [0.25, 0.3) is 0 Å². The second-order valence-electron chi connectivity index (χ2n) is 5.36. The molecule has 1 fully saturated rings. The first kappa shape index (κ1) is 14.4. The Kier molecular flexibility index (Phi) is 6.27. The van der Waals surface area contributed by atoms with Gasteiger partial charge in [-0.25, -0.2) is 0 Å². The molecule has 1 aliphatic heterocycles. The van der Waals surface area contributed by atoms with Crippen molar-refractivity contribution in [3.05, 3.63) is 30.1 Å². The van der Waals surface area contributed by atoms with Crippen molar-refractivity contribution in [2.24, 2.45) is 5.92 Å². The highest BCUT2D eigenvalue weighted by atomic mass is 16.5. The third-order valence-corrected chi connectivity index (χ3v) is 3.63. The number of aromatic nitrogens is 1. The Morgan fingerprint density at radius 2 is 2.26 bits per heavy atom. The maximum Gasteiger partial charge on any atom is 0.0469 e. The molecule has 0 bridgehead atoms. The Hall–Kier alpha value is -0.970. The fourth-order valence-corrected chi connectivity index (χ4v) is 2.47. The summed E-state index contributed by atoms with van der Waals surface area (Å²) in [6.07, 6.45) is 6.16. The molecule has 0 aliphatic carbocycles. The molecule has 0 aromatic carbocycles. The standard InChI is InChI=1S/C15H25N3O/c1-18(13-14-4-9-19-10-5-14)8-7-17-12-15-3-2-6-16-11-15/h2-3,6,11,14,17H,4-5,7-10,12-13H2,1H3. The molecule has 4 heteroatoms. The van der Waals surface area contributed by atoms with E-state index in [1.807, 2.05) is 18.5 Å². The zero-order valence-corrected chi connectivity index (χ0v) is 11.8. The van der Waals surface area contributed by atoms with Crippen LogP contribution in [0.4, 0.5) is 0 Å². The number of nitrogens with zero attached hydrogens (tertiary/aromatic N) is 2. The van der Waals surface area contributed by atoms with Crippen molar-refractivity contribution >= 4 is 0 Å². The second-order valence-corrected chi connectivity index (χ2v) is 5.36. The van der Waals surface area contributed by atoms with E-state index in [1.54, 1.807) is 0 Å². The summed E-state index contributed by atoms with van der Waals surface area (Å²) in [5.74, 6) is 0.817. The lowest BCUT2D eigenvalue weighted by atomic mass is 10.00. The van der Waals surface area contributed by atoms with Gasteiger partial charge < -0.3 is 15.0 Å². The lowest BCUT2D eigenvalue weighted by Gasteiger charge is -2.27. The molecule has 1 aromatic heterocycles. The van der Waals surface area contributed by atoms with Gasteiger partial charge in [-0.1, -0.05) is 6.07 Å². The monoisotopic (exact) mass is 263 g/mol. The van der Waals surface area contributed by atoms with Crippen molar-refractivity contribution in [2.45, 2.75) is 19.4 Å². The van der Waals surface area contributed by atoms with Crippen LogP contribution >= 0.6 is 0 Å². The quantitative estimate of drug-likeness (QED) is 0.757. The molecule has 0 radical (unpaired) electrons. The molecule has 1 N–H and O–H groups in total. The van der Waals surface area contributed by atoms with Gasteiger partial charge in [0.15, 0.2) is 0 Å². The minimum atomic E-state index is 0.817. The highest BCUT2D eigenvalue weighted by Crippen LogP contribution is 2.15. The molecule has 0 spiro atoms. The van der Waals surface area contributed by atoms with E-state index in [0.29, 0.717) is 0 Å². The fourth-order valence-electron chi connectivity index (χ4n) is 2.47. The molecule has 106 valence electrons. The van der Waals surface area contributed by atoms with E-state index in [0.717, 1.165) is 38.8 Å². The summed E-state index contributed by atoms with van der Waals surface area (Å²) >= 11 is 0. The summed E-state index contributed by atoms with van der Waals surface area (Å²) < 4.78 is 5.39. The fraction of sp³-hybridized carbons (Fsp3) is 0.667. The molecule has 2 rings (SSSR count). The van der Waals surface area contributed by atoms with E-state index >= 15 is 0 Å². The van der Waals surface area contributed by atoms with Gasteiger partial charge in [0, 0.05) is 51.8 Å². The van der Waals surface area contributed by atoms with Crippen LogP contribution in [0.1, 0.15) is 18.4 Å². The van der Waals surface area contributed by atoms with Crippen LogP contribution in [0.3, 0.4) is 0 Å². The van der Waals surface area contributed by atoms with Gasteiger partial charge in [0.05, 0.1) is 0 Å². The molecule has 4 nitrogen and oxygen atoms in total. The van der Waals surface area contributed by atoms with Gasteiger partial charge in [-0.15, -0.1) is 0 Å². The maximum atomic E-state index is 5.39. The van der Waals surface area contributed by atoms with E-state index in [-0.39, 0.29) is 0 Å². The van der Waals surface area contributed by atoms with Gasteiger partial charge >= 0.3 is 0 Å². The summed E-state index contributed by atoms with van der Waals surface area (Å²) in [6, 6.07) is 4.08. The molecule has 0 unspecified atom stereocenters. The number of pyridine rings is 1. The third-order valence-electron chi connectivity index (χ3n) is 3.63. The van der Waals surface area contributed by atoms with Crippen molar-refractivity contribution in [3.63, 3.8) is 0 Å². The minimum Gasteiger partial charge on any atom is -0.381 e. The van der Waals surface area contributed by atoms with Crippen molar-refractivity contribution in [1.29, 1.82) is 0 Å². The van der Waals surface area contributed by atoms with Gasteiger partial charge in [0.1, 0.15) is 0 Å². The average Bonchev–Trinajstić information content (AvgIpc) is 2.46. The van der Waals surface area contributed by atoms with E-state index in [4.69, 9.17) is 4.74 Å². The van der Waals surface area contributed by atoms with Crippen LogP contribution in [-0.2, 0) is 11.3 Å². The first-order chi connectivity index (χ1) is 9.34. The number of likely N-dealkylation sites (N-methyl/N-ethyl adjacent to an activating group) is 1. The summed E-state index contributed by atoms with van der Waals surface area (Å²) in [4.78, 5) is 6.54. The molecular formula is C15H25N3O. The summed E-state index contributed by atoms with van der Waals surface area (Å²) in [5.41, 5.74) is 1.24. The van der Waals surface area contributed by atoms with E-state index in [2.05, 4.69) is 28.3 Å². The Morgan fingerprint density at radius 3 is 3.00 bits per heavy atom. The summed E-state index contributed by atoms with van der Waals surface area (Å²) in [6.45, 7) is 6.10. The number of rotatable bonds is 7. The van der Waals surface area contributed by atoms with E-state index in [9.17, 15) is 0 Å². The molecule has 2 heterocycles. The van der Waals surface area contributed by atoms with Crippen LogP contribution in [0.15, 0.2) is 24.5 Å². The molecule has 19 heavy (non-hydrogen) atoms. The van der Waals surface area contributed by atoms with Gasteiger partial charge in [-0.2, -0.15) is 0 Å². The predicted molar refractivity (Wildman–Crippen MR) is 77.0 cm³/mol. The van der Waals surface area contributed by atoms with Crippen molar-refractivity contribution in [2.75, 3.05) is 39.9 Å². The molecule has 1 aromatic rings. The molecule has 0 atom stereocenters. The van der Waals surface area contributed by atoms with Crippen LogP contribution in [0.5, 0.6) is 0 Å². The van der Waals surface area contributed by atoms with E-state index < -0.39 is 0 Å². The van der Waals surface area contributed by atoms with Crippen LogP contribution in [-0.4, -0.2) is 49.8 Å². The Morgan fingerprint density at radius 1 is 1.42 bits per heavy atom. The Labute approximate surface area is 116 Å². The number of nitrogens with one attached hydrogen (secondary N) is 1. The van der Waals surface area contributed by atoms with Gasteiger partial charge in [0.25, 0.3) is 0 Å². The lowest BCUT2D eigenvalue weighted by Crippen LogP contribution is -2.34. The van der Waals surface area contributed by atoms with Gasteiger partial charge in [-0.3, -0.25) is 4.98 Å². The van der Waals surface area contributed by atoms with Gasteiger partial charge in [0.2, 0.25) is 0 Å². The topological polar surface area (TPSA) is 37.4 Å². The molecule has 1 aliphatic rings. The van der Waals surface area contributed by atoms with Crippen LogP contribution in [0.2, 0.25) is 0 Å². The summed E-state index contributed by atoms with van der Waals surface area (Å²) in [7, 11) is 2.21. The van der Waals surface area contributed by atoms with Crippen molar-refractivity contribution < 1.29 is 4.74 Å². The number of ether oxygens (including phenoxy) is 1. The average molecular weight is 263 g/mol. The summed E-state index contributed by atoms with van der Waals surface area (Å²) in [5, 5.41) is 3.46. The lowest BCUT2D eigenvalue weighted by molar-refractivity contribution is 0.0558. The SMILES string of the molecule is CN(CCNCc1cccnc1)CC1CCOCC1. The largest absolute Gasteiger partial charge is 0.381 e. The second kappa shape index (κ2) is 8.25. The minimum absolute atomic E-state index is 0.817. The normalized spacial score (nSPS) is 16.9. The zero-order chi connectivity index (χ0) is 13.3. The highest BCUT2D eigenvalue weighted by Gasteiger charge is 2.15. The molecule has 0 saturated carbocycles.